The Balaban J connectivity index is 1.64. The van der Waals surface area contributed by atoms with E-state index in [1.807, 2.05) is 6.07 Å². The third-order valence-corrected chi connectivity index (χ3v) is 3.82. The fourth-order valence-corrected chi connectivity index (χ4v) is 2.59. The highest BCUT2D eigenvalue weighted by atomic mass is 16.5. The fourth-order valence-electron chi connectivity index (χ4n) is 2.59. The molecule has 2 heterocycles. The van der Waals surface area contributed by atoms with Gasteiger partial charge in [-0.2, -0.15) is 5.26 Å². The number of rotatable bonds is 4. The lowest BCUT2D eigenvalue weighted by molar-refractivity contribution is -0.146. The highest BCUT2D eigenvalue weighted by Gasteiger charge is 2.31. The molecule has 25 heavy (non-hydrogen) atoms. The van der Waals surface area contributed by atoms with E-state index in [0.717, 1.165) is 0 Å². The van der Waals surface area contributed by atoms with Crippen molar-refractivity contribution in [2.75, 3.05) is 19.7 Å². The zero-order chi connectivity index (χ0) is 17.8. The molecule has 1 aliphatic heterocycles. The van der Waals surface area contributed by atoms with Crippen LogP contribution in [0.3, 0.4) is 0 Å². The van der Waals surface area contributed by atoms with Crippen LogP contribution in [0.5, 0.6) is 5.75 Å². The van der Waals surface area contributed by atoms with Gasteiger partial charge in [-0.3, -0.25) is 4.79 Å². The second kappa shape index (κ2) is 7.32. The van der Waals surface area contributed by atoms with Crippen LogP contribution in [0, 0.1) is 18.3 Å². The van der Waals surface area contributed by atoms with E-state index in [4.69, 9.17) is 19.2 Å². The van der Waals surface area contributed by atoms with Crippen molar-refractivity contribution in [3.8, 4) is 11.8 Å². The van der Waals surface area contributed by atoms with Crippen molar-refractivity contribution in [3.63, 3.8) is 0 Å². The number of ether oxygens (including phenoxy) is 2. The van der Waals surface area contributed by atoms with Gasteiger partial charge in [-0.15, -0.1) is 10.2 Å². The summed E-state index contributed by atoms with van der Waals surface area (Å²) >= 11 is 0. The van der Waals surface area contributed by atoms with Crippen LogP contribution in [0.1, 0.15) is 30.4 Å². The molecule has 0 bridgehead atoms. The summed E-state index contributed by atoms with van der Waals surface area (Å²) in [7, 11) is 0. The molecule has 0 saturated carbocycles. The van der Waals surface area contributed by atoms with Gasteiger partial charge in [0.25, 0.3) is 5.91 Å². The number of aryl methyl sites for hydroxylation is 1. The van der Waals surface area contributed by atoms with Gasteiger partial charge in [-0.05, 0) is 25.1 Å². The van der Waals surface area contributed by atoms with Crippen LogP contribution in [0.2, 0.25) is 0 Å². The Kier molecular flexibility index (Phi) is 4.95. The average Bonchev–Trinajstić information content (AvgIpc) is 3.07. The normalized spacial score (nSPS) is 18.4. The van der Waals surface area contributed by atoms with Crippen molar-refractivity contribution >= 4 is 5.91 Å². The molecule has 0 radical (unpaired) electrons. The molecule has 1 amide bonds. The third kappa shape index (κ3) is 3.95. The second-order valence-electron chi connectivity index (χ2n) is 5.70. The molecule has 0 unspecified atom stereocenters. The lowest BCUT2D eigenvalue weighted by Gasteiger charge is -2.32. The number of carbonyl (C=O) groups excluding carboxylic acids is 1. The lowest BCUT2D eigenvalue weighted by Crippen LogP contribution is -2.47. The smallest absolute Gasteiger partial charge is 0.263 e. The molecule has 8 heteroatoms. The zero-order valence-corrected chi connectivity index (χ0v) is 14.0. The van der Waals surface area contributed by atoms with Crippen LogP contribution in [-0.4, -0.2) is 46.8 Å². The van der Waals surface area contributed by atoms with E-state index in [9.17, 15) is 4.79 Å². The number of carbonyl (C=O) groups is 1. The number of nitrogens with zero attached hydrogens (tertiary/aromatic N) is 4. The summed E-state index contributed by atoms with van der Waals surface area (Å²) < 4.78 is 16.7. The summed E-state index contributed by atoms with van der Waals surface area (Å²) in [5, 5.41) is 16.7. The van der Waals surface area contributed by atoms with Crippen LogP contribution in [-0.2, 0) is 9.53 Å². The van der Waals surface area contributed by atoms with Gasteiger partial charge < -0.3 is 18.8 Å². The molecule has 3 rings (SSSR count). The summed E-state index contributed by atoms with van der Waals surface area (Å²) in [6, 6.07) is 8.76. The Morgan fingerprint density at radius 2 is 2.32 bits per heavy atom. The minimum Gasteiger partial charge on any atom is -0.481 e. The van der Waals surface area contributed by atoms with E-state index < -0.39 is 12.2 Å². The molecule has 0 N–H and O–H groups in total. The minimum absolute atomic E-state index is 0.160. The Bertz CT molecular complexity index is 798. The second-order valence-corrected chi connectivity index (χ2v) is 5.70. The van der Waals surface area contributed by atoms with E-state index in [1.165, 1.54) is 0 Å². The first kappa shape index (κ1) is 16.9. The lowest BCUT2D eigenvalue weighted by atomic mass is 10.2. The minimum atomic E-state index is -0.683. The van der Waals surface area contributed by atoms with Crippen LogP contribution in [0.25, 0.3) is 0 Å². The van der Waals surface area contributed by atoms with E-state index in [1.54, 1.807) is 43.0 Å². The summed E-state index contributed by atoms with van der Waals surface area (Å²) in [4.78, 5) is 14.3. The van der Waals surface area contributed by atoms with Gasteiger partial charge in [-0.25, -0.2) is 0 Å². The SMILES string of the molecule is Cc1nnc([C@@H]2CN(C(=O)[C@@H](C)Oc3cccc(C#N)c3)CCO2)o1. The van der Waals surface area contributed by atoms with Crippen LogP contribution in [0.15, 0.2) is 28.7 Å². The molecule has 130 valence electrons. The third-order valence-electron chi connectivity index (χ3n) is 3.82. The molecule has 0 spiro atoms. The highest BCUT2D eigenvalue weighted by molar-refractivity contribution is 5.81. The van der Waals surface area contributed by atoms with E-state index in [-0.39, 0.29) is 5.91 Å². The van der Waals surface area contributed by atoms with Crippen LogP contribution >= 0.6 is 0 Å². The number of benzene rings is 1. The molecule has 8 nitrogen and oxygen atoms in total. The molecule has 0 aliphatic carbocycles. The molecule has 1 aliphatic rings. The largest absolute Gasteiger partial charge is 0.481 e. The average molecular weight is 342 g/mol. The van der Waals surface area contributed by atoms with Crippen molar-refractivity contribution in [2.24, 2.45) is 0 Å². The first-order valence-corrected chi connectivity index (χ1v) is 7.94. The standard InChI is InChI=1S/C17H18N4O4/c1-11(24-14-5-3-4-13(8-14)9-18)17(22)21-6-7-23-15(10-21)16-20-19-12(2)25-16/h3-5,8,11,15H,6-7,10H2,1-2H3/t11-,15+/m1/s1. The summed E-state index contributed by atoms with van der Waals surface area (Å²) in [6.07, 6.45) is -1.12. The molecule has 1 saturated heterocycles. The fraction of sp³-hybridized carbons (Fsp3) is 0.412. The van der Waals surface area contributed by atoms with E-state index >= 15 is 0 Å². The van der Waals surface area contributed by atoms with Crippen molar-refractivity contribution in [2.45, 2.75) is 26.1 Å². The first-order chi connectivity index (χ1) is 12.1. The molecule has 2 atom stereocenters. The Hall–Kier alpha value is -2.92. The maximum absolute atomic E-state index is 12.7. The van der Waals surface area contributed by atoms with Crippen molar-refractivity contribution in [3.05, 3.63) is 41.6 Å². The number of nitriles is 1. The number of amides is 1. The van der Waals surface area contributed by atoms with Gasteiger partial charge in [0.1, 0.15) is 5.75 Å². The summed E-state index contributed by atoms with van der Waals surface area (Å²) in [5.74, 6) is 1.14. The molecule has 1 fully saturated rings. The van der Waals surface area contributed by atoms with E-state index in [0.29, 0.717) is 42.8 Å². The van der Waals surface area contributed by atoms with Gasteiger partial charge in [0.2, 0.25) is 11.8 Å². The predicted molar refractivity (Wildman–Crippen MR) is 85.6 cm³/mol. The molecular formula is C17H18N4O4. The van der Waals surface area contributed by atoms with Gasteiger partial charge in [0.15, 0.2) is 12.2 Å². The maximum Gasteiger partial charge on any atom is 0.263 e. The summed E-state index contributed by atoms with van der Waals surface area (Å²) in [5.41, 5.74) is 0.482. The van der Waals surface area contributed by atoms with Gasteiger partial charge in [-0.1, -0.05) is 6.07 Å². The maximum atomic E-state index is 12.7. The quantitative estimate of drug-likeness (QED) is 0.832. The first-order valence-electron chi connectivity index (χ1n) is 7.94. The Morgan fingerprint density at radius 1 is 1.48 bits per heavy atom. The summed E-state index contributed by atoms with van der Waals surface area (Å²) in [6.45, 7) is 4.56. The molecule has 1 aromatic carbocycles. The van der Waals surface area contributed by atoms with Crippen molar-refractivity contribution < 1.29 is 18.7 Å². The van der Waals surface area contributed by atoms with Crippen molar-refractivity contribution in [1.82, 2.24) is 15.1 Å². The van der Waals surface area contributed by atoms with E-state index in [2.05, 4.69) is 10.2 Å². The van der Waals surface area contributed by atoms with Gasteiger partial charge in [0, 0.05) is 13.5 Å². The Labute approximate surface area is 145 Å². The number of hydrogen-bond acceptors (Lipinski definition) is 7. The molecule has 1 aromatic heterocycles. The topological polar surface area (TPSA) is 101 Å². The monoisotopic (exact) mass is 342 g/mol. The number of aromatic nitrogens is 2. The number of morpholine rings is 1. The van der Waals surface area contributed by atoms with Crippen molar-refractivity contribution in [1.29, 1.82) is 5.26 Å². The van der Waals surface area contributed by atoms with Crippen LogP contribution < -0.4 is 4.74 Å². The zero-order valence-electron chi connectivity index (χ0n) is 14.0. The predicted octanol–water partition coefficient (Wildman–Crippen LogP) is 1.62. The van der Waals surface area contributed by atoms with Gasteiger partial charge in [0.05, 0.1) is 24.8 Å². The molecular weight excluding hydrogens is 324 g/mol. The Morgan fingerprint density at radius 3 is 3.04 bits per heavy atom. The number of hydrogen-bond donors (Lipinski definition) is 0. The highest BCUT2D eigenvalue weighted by Crippen LogP contribution is 2.22. The van der Waals surface area contributed by atoms with Crippen LogP contribution in [0.4, 0.5) is 0 Å². The van der Waals surface area contributed by atoms with Gasteiger partial charge >= 0.3 is 0 Å². The molecule has 2 aromatic rings.